The lowest BCUT2D eigenvalue weighted by Gasteiger charge is -2.17. The topological polar surface area (TPSA) is 186 Å². The van der Waals surface area contributed by atoms with E-state index in [1.807, 2.05) is 18.2 Å². The van der Waals surface area contributed by atoms with Crippen LogP contribution in [-0.4, -0.2) is 56.1 Å². The summed E-state index contributed by atoms with van der Waals surface area (Å²) in [6.07, 6.45) is -2.77. The zero-order valence-electron chi connectivity index (χ0n) is 26.8. The number of aromatic amines is 1. The summed E-state index contributed by atoms with van der Waals surface area (Å²) in [5, 5.41) is 38.5. The number of amides is 4. The van der Waals surface area contributed by atoms with Gasteiger partial charge in [0.15, 0.2) is 12.2 Å². The number of H-pyrrole nitrogens is 1. The highest BCUT2D eigenvalue weighted by Gasteiger charge is 2.23. The summed E-state index contributed by atoms with van der Waals surface area (Å²) in [4.78, 5) is 50.2. The molecule has 0 saturated carbocycles. The molecule has 2 unspecified atom stereocenters. The van der Waals surface area contributed by atoms with Gasteiger partial charge in [-0.1, -0.05) is 84.9 Å². The number of rotatable bonds is 12. The fourth-order valence-electron chi connectivity index (χ4n) is 4.87. The van der Waals surface area contributed by atoms with E-state index in [4.69, 9.17) is 0 Å². The van der Waals surface area contributed by atoms with E-state index in [0.717, 1.165) is 16.8 Å². The van der Waals surface area contributed by atoms with Crippen LogP contribution in [0.4, 0.5) is 11.4 Å². The van der Waals surface area contributed by atoms with Crippen molar-refractivity contribution < 1.29 is 29.4 Å². The number of hydrogen-bond acceptors (Lipinski definition) is 7. The van der Waals surface area contributed by atoms with E-state index < -0.39 is 47.9 Å². The van der Waals surface area contributed by atoms with E-state index in [1.165, 1.54) is 13.8 Å². The molecule has 12 nitrogen and oxygen atoms in total. The third-order valence-electron chi connectivity index (χ3n) is 7.72. The van der Waals surface area contributed by atoms with Crippen LogP contribution >= 0.6 is 0 Å². The van der Waals surface area contributed by atoms with E-state index in [0.29, 0.717) is 28.2 Å². The Hall–Kier alpha value is -6.11. The fraction of sp³-hybridized carbons (Fsp3) is 0.162. The molecule has 0 saturated heterocycles. The molecule has 1 heterocycles. The lowest BCUT2D eigenvalue weighted by molar-refractivity contribution is -0.132. The van der Waals surface area contributed by atoms with E-state index in [9.17, 15) is 29.4 Å². The number of aromatic nitrogens is 2. The molecule has 7 N–H and O–H groups in total. The van der Waals surface area contributed by atoms with E-state index >= 15 is 0 Å². The average Bonchev–Trinajstić information content (AvgIpc) is 3.62. The molecule has 4 aromatic carbocycles. The number of carbonyl (C=O) groups excluding carboxylic acids is 4. The molecule has 0 fully saturated rings. The molecule has 1 aromatic heterocycles. The summed E-state index contributed by atoms with van der Waals surface area (Å²) >= 11 is 0. The van der Waals surface area contributed by atoms with E-state index in [2.05, 4.69) is 31.5 Å². The summed E-state index contributed by atoms with van der Waals surface area (Å²) in [5.41, 5.74) is 4.94. The molecule has 0 radical (unpaired) electrons. The molecule has 0 bridgehead atoms. The summed E-state index contributed by atoms with van der Waals surface area (Å²) in [6.45, 7) is 3.07. The minimum absolute atomic E-state index is 0.432. The highest BCUT2D eigenvalue weighted by Crippen LogP contribution is 2.26. The van der Waals surface area contributed by atoms with Crippen LogP contribution in [0.3, 0.4) is 0 Å². The van der Waals surface area contributed by atoms with Crippen LogP contribution in [0.25, 0.3) is 22.5 Å². The van der Waals surface area contributed by atoms with Crippen LogP contribution in [-0.2, 0) is 19.2 Å². The maximum atomic E-state index is 12.7. The second-order valence-electron chi connectivity index (χ2n) is 11.4. The molecule has 0 spiro atoms. The quantitative estimate of drug-likeness (QED) is 0.105. The molecular formula is C37H36N6O6. The first-order chi connectivity index (χ1) is 23.6. The highest BCUT2D eigenvalue weighted by molar-refractivity contribution is 5.98. The summed E-state index contributed by atoms with van der Waals surface area (Å²) < 4.78 is 0. The molecule has 12 heteroatoms. The first-order valence-electron chi connectivity index (χ1n) is 15.5. The van der Waals surface area contributed by atoms with Gasteiger partial charge in [-0.2, -0.15) is 5.10 Å². The SMILES string of the molecule is CC(NC(=O)[C@@H](O)c1ccccc1)C(=O)Nc1ccc(-c2cc(-c3ccc(NC(=O)C(C)NC(=O)[C@@H](O)c4ccccc4)cc3)[nH]n2)cc1. The Bertz CT molecular complexity index is 1760. The van der Waals surface area contributed by atoms with Gasteiger partial charge >= 0.3 is 0 Å². The van der Waals surface area contributed by atoms with Gasteiger partial charge in [-0.15, -0.1) is 0 Å². The maximum Gasteiger partial charge on any atom is 0.254 e. The molecule has 49 heavy (non-hydrogen) atoms. The largest absolute Gasteiger partial charge is 0.378 e. The summed E-state index contributed by atoms with van der Waals surface area (Å²) in [6, 6.07) is 31.1. The predicted molar refractivity (Wildman–Crippen MR) is 185 cm³/mol. The van der Waals surface area contributed by atoms with Gasteiger partial charge in [-0.05, 0) is 60.9 Å². The first-order valence-corrected chi connectivity index (χ1v) is 15.5. The van der Waals surface area contributed by atoms with Crippen LogP contribution in [0.1, 0.15) is 37.2 Å². The van der Waals surface area contributed by atoms with Crippen LogP contribution < -0.4 is 21.3 Å². The summed E-state index contributed by atoms with van der Waals surface area (Å²) in [7, 11) is 0. The van der Waals surface area contributed by atoms with Crippen molar-refractivity contribution in [1.82, 2.24) is 20.8 Å². The normalized spacial score (nSPS) is 13.3. The Balaban J connectivity index is 1.12. The van der Waals surface area contributed by atoms with Crippen molar-refractivity contribution in [1.29, 1.82) is 0 Å². The van der Waals surface area contributed by atoms with Crippen molar-refractivity contribution in [3.05, 3.63) is 126 Å². The number of carbonyl (C=O) groups is 4. The predicted octanol–water partition coefficient (Wildman–Crippen LogP) is 4.10. The third-order valence-corrected chi connectivity index (χ3v) is 7.72. The van der Waals surface area contributed by atoms with Gasteiger partial charge in [0.1, 0.15) is 12.1 Å². The molecular weight excluding hydrogens is 624 g/mol. The highest BCUT2D eigenvalue weighted by atomic mass is 16.3. The van der Waals surface area contributed by atoms with Gasteiger partial charge in [-0.25, -0.2) is 0 Å². The Morgan fingerprint density at radius 1 is 0.571 bits per heavy atom. The third kappa shape index (κ3) is 8.83. The molecule has 5 aromatic rings. The van der Waals surface area contributed by atoms with Crippen molar-refractivity contribution in [3.8, 4) is 22.5 Å². The maximum absolute atomic E-state index is 12.7. The Labute approximate surface area is 282 Å². The van der Waals surface area contributed by atoms with Gasteiger partial charge in [0.2, 0.25) is 11.8 Å². The molecule has 5 rings (SSSR count). The molecule has 4 amide bonds. The zero-order chi connectivity index (χ0) is 34.9. The second-order valence-corrected chi connectivity index (χ2v) is 11.4. The van der Waals surface area contributed by atoms with Crippen molar-refractivity contribution in [2.75, 3.05) is 10.6 Å². The number of aliphatic hydroxyl groups excluding tert-OH is 2. The molecule has 4 atom stereocenters. The fourth-order valence-corrected chi connectivity index (χ4v) is 4.87. The first kappa shape index (κ1) is 34.2. The van der Waals surface area contributed by atoms with Crippen molar-refractivity contribution >= 4 is 35.0 Å². The van der Waals surface area contributed by atoms with Gasteiger partial charge in [-0.3, -0.25) is 24.3 Å². The standard InChI is InChI=1S/C37H36N6O6/c1-22(38-36(48)32(44)26-9-5-3-6-10-26)34(46)40-28-17-13-24(14-18-28)30-21-31(43-42-30)25-15-19-29(20-16-25)41-35(47)23(2)39-37(49)33(45)27-11-7-4-8-12-27/h3-23,32-33,44-45H,1-2H3,(H,38,48)(H,39,49)(H,40,46)(H,41,47)(H,42,43)/t22?,23?,32-,33-/m0/s1. The number of nitrogens with zero attached hydrogens (tertiary/aromatic N) is 1. The number of anilines is 2. The molecule has 0 aliphatic carbocycles. The monoisotopic (exact) mass is 660 g/mol. The average molecular weight is 661 g/mol. The minimum atomic E-state index is -1.38. The van der Waals surface area contributed by atoms with Gasteiger partial charge < -0.3 is 31.5 Å². The Morgan fingerprint density at radius 3 is 1.41 bits per heavy atom. The summed E-state index contributed by atoms with van der Waals surface area (Å²) in [5.74, 6) is -2.22. The van der Waals surface area contributed by atoms with Gasteiger partial charge in [0.05, 0.1) is 11.4 Å². The zero-order valence-corrected chi connectivity index (χ0v) is 26.8. The number of benzene rings is 4. The van der Waals surface area contributed by atoms with Gasteiger partial charge in [0, 0.05) is 16.9 Å². The van der Waals surface area contributed by atoms with Crippen LogP contribution in [0.15, 0.2) is 115 Å². The second kappa shape index (κ2) is 15.7. The number of aliphatic hydroxyl groups is 2. The van der Waals surface area contributed by atoms with Crippen molar-refractivity contribution in [2.45, 2.75) is 38.1 Å². The number of hydrogen-bond donors (Lipinski definition) is 7. The van der Waals surface area contributed by atoms with Crippen LogP contribution in [0.2, 0.25) is 0 Å². The van der Waals surface area contributed by atoms with Crippen LogP contribution in [0, 0.1) is 0 Å². The molecule has 0 aliphatic rings. The molecule has 250 valence electrons. The van der Waals surface area contributed by atoms with Crippen molar-refractivity contribution in [3.63, 3.8) is 0 Å². The minimum Gasteiger partial charge on any atom is -0.378 e. The number of nitrogens with one attached hydrogen (secondary N) is 5. The Kier molecular flexibility index (Phi) is 10.9. The molecule has 0 aliphatic heterocycles. The lowest BCUT2D eigenvalue weighted by atomic mass is 10.1. The van der Waals surface area contributed by atoms with Crippen molar-refractivity contribution in [2.24, 2.45) is 0 Å². The van der Waals surface area contributed by atoms with Crippen LogP contribution in [0.5, 0.6) is 0 Å². The lowest BCUT2D eigenvalue weighted by Crippen LogP contribution is -2.43. The van der Waals surface area contributed by atoms with E-state index in [1.54, 1.807) is 97.1 Å². The smallest absolute Gasteiger partial charge is 0.254 e. The Morgan fingerprint density at radius 2 is 0.980 bits per heavy atom. The van der Waals surface area contributed by atoms with E-state index in [-0.39, 0.29) is 0 Å². The van der Waals surface area contributed by atoms with Gasteiger partial charge in [0.25, 0.3) is 11.8 Å².